The number of hydrogen-bond donors (Lipinski definition) is 4. The van der Waals surface area contributed by atoms with Crippen molar-refractivity contribution >= 4 is 17.6 Å². The molecule has 6 N–H and O–H groups in total. The molecule has 15 heavy (non-hydrogen) atoms. The van der Waals surface area contributed by atoms with Crippen LogP contribution in [0.2, 0.25) is 0 Å². The largest absolute Gasteiger partial charge is 0.369 e. The van der Waals surface area contributed by atoms with Crippen molar-refractivity contribution in [2.75, 3.05) is 4.90 Å². The highest BCUT2D eigenvalue weighted by molar-refractivity contribution is 6.15. The zero-order valence-electron chi connectivity index (χ0n) is 8.83. The first kappa shape index (κ1) is 11.0. The summed E-state index contributed by atoms with van der Waals surface area (Å²) in [5.41, 5.74) is 13.4. The van der Waals surface area contributed by atoms with E-state index in [0.29, 0.717) is 5.69 Å². The normalized spacial score (nSPS) is 9.73. The zero-order valence-corrected chi connectivity index (χ0v) is 8.83. The Morgan fingerprint density at radius 2 is 1.47 bits per heavy atom. The molecule has 0 aliphatic heterocycles. The van der Waals surface area contributed by atoms with Crippen molar-refractivity contribution < 1.29 is 0 Å². The van der Waals surface area contributed by atoms with Crippen molar-refractivity contribution in [2.24, 2.45) is 11.5 Å². The van der Waals surface area contributed by atoms with Gasteiger partial charge in [-0.2, -0.15) is 0 Å². The van der Waals surface area contributed by atoms with Gasteiger partial charge in [0.1, 0.15) is 0 Å². The maximum absolute atomic E-state index is 7.40. The number of nitrogens with zero attached hydrogens (tertiary/aromatic N) is 1. The number of para-hydroxylation sites is 1. The van der Waals surface area contributed by atoms with Gasteiger partial charge in [0.15, 0.2) is 11.9 Å². The van der Waals surface area contributed by atoms with E-state index in [1.165, 1.54) is 4.90 Å². The van der Waals surface area contributed by atoms with E-state index in [2.05, 4.69) is 0 Å². The molecule has 0 unspecified atom stereocenters. The number of nitrogens with one attached hydrogen (secondary N) is 2. The highest BCUT2D eigenvalue weighted by Crippen LogP contribution is 2.23. The van der Waals surface area contributed by atoms with E-state index in [-0.39, 0.29) is 11.9 Å². The number of rotatable bonds is 1. The molecule has 0 saturated heterocycles. The van der Waals surface area contributed by atoms with E-state index in [4.69, 9.17) is 22.3 Å². The Bertz CT molecular complexity index is 376. The van der Waals surface area contributed by atoms with Gasteiger partial charge < -0.3 is 11.5 Å². The second kappa shape index (κ2) is 4.00. The maximum atomic E-state index is 7.40. The molecule has 0 aliphatic rings. The smallest absolute Gasteiger partial charge is 0.200 e. The van der Waals surface area contributed by atoms with Gasteiger partial charge >= 0.3 is 0 Å². The summed E-state index contributed by atoms with van der Waals surface area (Å²) in [6.45, 7) is 3.78. The molecule has 1 aromatic rings. The summed E-state index contributed by atoms with van der Waals surface area (Å²) < 4.78 is 0. The lowest BCUT2D eigenvalue weighted by Crippen LogP contribution is -2.45. The standard InChI is InChI=1S/C10H15N5/c1-6-4-3-5-7(2)8(6)15(9(11)12)10(13)14/h3-5H,1-2H3,(H3,11,12)(H3,13,14). The van der Waals surface area contributed by atoms with Gasteiger partial charge in [-0.15, -0.1) is 0 Å². The Labute approximate surface area is 88.7 Å². The van der Waals surface area contributed by atoms with Gasteiger partial charge in [-0.3, -0.25) is 15.7 Å². The molecule has 0 heterocycles. The third-order valence-electron chi connectivity index (χ3n) is 2.14. The fourth-order valence-corrected chi connectivity index (χ4v) is 1.53. The van der Waals surface area contributed by atoms with Gasteiger partial charge in [0.25, 0.3) is 0 Å². The average Bonchev–Trinajstić information content (AvgIpc) is 2.09. The lowest BCUT2D eigenvalue weighted by Gasteiger charge is -2.24. The molecule has 0 aromatic heterocycles. The minimum atomic E-state index is -0.250. The third kappa shape index (κ3) is 2.07. The van der Waals surface area contributed by atoms with Gasteiger partial charge in [0.2, 0.25) is 0 Å². The maximum Gasteiger partial charge on any atom is 0.200 e. The Morgan fingerprint density at radius 3 is 1.80 bits per heavy atom. The molecular weight excluding hydrogens is 190 g/mol. The minimum absolute atomic E-state index is 0.250. The molecule has 0 saturated carbocycles. The summed E-state index contributed by atoms with van der Waals surface area (Å²) in [5.74, 6) is -0.500. The molecule has 0 fully saturated rings. The topological polar surface area (TPSA) is 103 Å². The van der Waals surface area contributed by atoms with Crippen LogP contribution in [0.1, 0.15) is 11.1 Å². The number of benzene rings is 1. The van der Waals surface area contributed by atoms with E-state index in [1.54, 1.807) is 0 Å². The Kier molecular flexibility index (Phi) is 2.94. The van der Waals surface area contributed by atoms with E-state index in [1.807, 2.05) is 32.0 Å². The van der Waals surface area contributed by atoms with Gasteiger partial charge in [-0.05, 0) is 25.0 Å². The van der Waals surface area contributed by atoms with Gasteiger partial charge in [-0.25, -0.2) is 0 Å². The molecule has 5 nitrogen and oxygen atoms in total. The lowest BCUT2D eigenvalue weighted by molar-refractivity contribution is 1.20. The van der Waals surface area contributed by atoms with Crippen LogP contribution in [0.4, 0.5) is 5.69 Å². The molecule has 0 atom stereocenters. The minimum Gasteiger partial charge on any atom is -0.369 e. The number of guanidine groups is 2. The molecule has 5 heteroatoms. The second-order valence-corrected chi connectivity index (χ2v) is 3.35. The first-order valence-electron chi connectivity index (χ1n) is 4.49. The van der Waals surface area contributed by atoms with E-state index in [0.717, 1.165) is 11.1 Å². The van der Waals surface area contributed by atoms with Crippen molar-refractivity contribution in [2.45, 2.75) is 13.8 Å². The lowest BCUT2D eigenvalue weighted by atomic mass is 10.1. The Morgan fingerprint density at radius 1 is 1.07 bits per heavy atom. The van der Waals surface area contributed by atoms with Crippen molar-refractivity contribution in [1.82, 2.24) is 0 Å². The van der Waals surface area contributed by atoms with Crippen LogP contribution in [-0.2, 0) is 0 Å². The average molecular weight is 205 g/mol. The predicted octanol–water partition coefficient (Wildman–Crippen LogP) is 0.897. The number of nitrogens with two attached hydrogens (primary N) is 2. The number of hydrogen-bond acceptors (Lipinski definition) is 2. The van der Waals surface area contributed by atoms with E-state index in [9.17, 15) is 0 Å². The Hall–Kier alpha value is -2.04. The SMILES string of the molecule is Cc1cccc(C)c1N(C(=N)N)C(=N)N. The fourth-order valence-electron chi connectivity index (χ4n) is 1.53. The molecule has 0 bridgehead atoms. The molecule has 0 amide bonds. The summed E-state index contributed by atoms with van der Waals surface area (Å²) in [5, 5.41) is 14.8. The molecule has 1 aromatic carbocycles. The van der Waals surface area contributed by atoms with Crippen LogP contribution in [0.15, 0.2) is 18.2 Å². The van der Waals surface area contributed by atoms with Crippen LogP contribution >= 0.6 is 0 Å². The van der Waals surface area contributed by atoms with Crippen molar-refractivity contribution in [3.63, 3.8) is 0 Å². The summed E-state index contributed by atoms with van der Waals surface area (Å²) in [6, 6.07) is 5.69. The summed E-state index contributed by atoms with van der Waals surface area (Å²) in [7, 11) is 0. The molecule has 0 aliphatic carbocycles. The summed E-state index contributed by atoms with van der Waals surface area (Å²) in [6.07, 6.45) is 0. The molecular formula is C10H15N5. The predicted molar refractivity (Wildman–Crippen MR) is 62.2 cm³/mol. The summed E-state index contributed by atoms with van der Waals surface area (Å²) in [4.78, 5) is 1.21. The first-order valence-corrected chi connectivity index (χ1v) is 4.49. The zero-order chi connectivity index (χ0) is 11.6. The first-order chi connectivity index (χ1) is 6.95. The van der Waals surface area contributed by atoms with Crippen molar-refractivity contribution in [3.8, 4) is 0 Å². The van der Waals surface area contributed by atoms with Crippen molar-refractivity contribution in [3.05, 3.63) is 29.3 Å². The summed E-state index contributed by atoms with van der Waals surface area (Å²) >= 11 is 0. The van der Waals surface area contributed by atoms with E-state index < -0.39 is 0 Å². The van der Waals surface area contributed by atoms with Gasteiger partial charge in [-0.1, -0.05) is 18.2 Å². The number of aryl methyl sites for hydroxylation is 2. The fraction of sp³-hybridized carbons (Fsp3) is 0.200. The number of anilines is 1. The Balaban J connectivity index is 3.35. The third-order valence-corrected chi connectivity index (χ3v) is 2.14. The monoisotopic (exact) mass is 205 g/mol. The second-order valence-electron chi connectivity index (χ2n) is 3.35. The molecule has 0 radical (unpaired) electrons. The molecule has 0 spiro atoms. The van der Waals surface area contributed by atoms with E-state index >= 15 is 0 Å². The molecule has 1 rings (SSSR count). The van der Waals surface area contributed by atoms with Crippen LogP contribution in [0.5, 0.6) is 0 Å². The van der Waals surface area contributed by atoms with Gasteiger partial charge in [0.05, 0.1) is 5.69 Å². The quantitative estimate of drug-likeness (QED) is 0.404. The highest BCUT2D eigenvalue weighted by Gasteiger charge is 2.16. The van der Waals surface area contributed by atoms with Crippen LogP contribution in [0.3, 0.4) is 0 Å². The highest BCUT2D eigenvalue weighted by atomic mass is 15.3. The molecule has 80 valence electrons. The van der Waals surface area contributed by atoms with Gasteiger partial charge in [0, 0.05) is 0 Å². The van der Waals surface area contributed by atoms with Crippen molar-refractivity contribution in [1.29, 1.82) is 10.8 Å². The van der Waals surface area contributed by atoms with Crippen LogP contribution < -0.4 is 16.4 Å². The van der Waals surface area contributed by atoms with Crippen LogP contribution in [-0.4, -0.2) is 11.9 Å². The van der Waals surface area contributed by atoms with Crippen LogP contribution in [0, 0.1) is 24.7 Å². The van der Waals surface area contributed by atoms with Crippen LogP contribution in [0.25, 0.3) is 0 Å².